The Balaban J connectivity index is 1.78. The van der Waals surface area contributed by atoms with Gasteiger partial charge in [-0.05, 0) is 32.4 Å². The van der Waals surface area contributed by atoms with Gasteiger partial charge >= 0.3 is 0 Å². The molecule has 0 spiro atoms. The van der Waals surface area contributed by atoms with Crippen LogP contribution in [0.4, 0.5) is 0 Å². The minimum absolute atomic E-state index is 0.000407. The van der Waals surface area contributed by atoms with Crippen molar-refractivity contribution in [1.29, 1.82) is 0 Å². The lowest BCUT2D eigenvalue weighted by atomic mass is 10.2. The molecule has 2 fully saturated rings. The Morgan fingerprint density at radius 2 is 2.00 bits per heavy atom. The largest absolute Gasteiger partial charge is 0.313 e. The summed E-state index contributed by atoms with van der Waals surface area (Å²) < 4.78 is 0. The van der Waals surface area contributed by atoms with E-state index in [0.717, 1.165) is 32.6 Å². The Morgan fingerprint density at radius 3 is 2.58 bits per heavy atom. The molecule has 1 N–H and O–H groups in total. The zero-order valence-corrected chi connectivity index (χ0v) is 11.9. The van der Waals surface area contributed by atoms with Gasteiger partial charge in [-0.3, -0.25) is 14.5 Å². The summed E-state index contributed by atoms with van der Waals surface area (Å²) in [7, 11) is 0. The molecular weight excluding hydrogens is 242 g/mol. The van der Waals surface area contributed by atoms with Crippen LogP contribution in [0.2, 0.25) is 0 Å². The van der Waals surface area contributed by atoms with Gasteiger partial charge in [0.15, 0.2) is 0 Å². The van der Waals surface area contributed by atoms with Crippen molar-refractivity contribution in [3.63, 3.8) is 0 Å². The van der Waals surface area contributed by atoms with Crippen LogP contribution in [0.3, 0.4) is 0 Å². The Labute approximate surface area is 115 Å². The van der Waals surface area contributed by atoms with E-state index in [9.17, 15) is 9.59 Å². The molecule has 2 saturated heterocycles. The fourth-order valence-corrected chi connectivity index (χ4v) is 2.95. The molecule has 0 aliphatic carbocycles. The Kier molecular flexibility index (Phi) is 5.34. The van der Waals surface area contributed by atoms with Crippen molar-refractivity contribution in [2.45, 2.75) is 45.1 Å². The zero-order valence-electron chi connectivity index (χ0n) is 11.9. The Morgan fingerprint density at radius 1 is 1.26 bits per heavy atom. The highest BCUT2D eigenvalue weighted by molar-refractivity contribution is 6.01. The number of likely N-dealkylation sites (tertiary alicyclic amines) is 1. The van der Waals surface area contributed by atoms with Gasteiger partial charge in [0.25, 0.3) is 0 Å². The molecule has 1 atom stereocenters. The first-order chi connectivity index (χ1) is 9.20. The van der Waals surface area contributed by atoms with Gasteiger partial charge in [0.1, 0.15) is 0 Å². The molecule has 0 radical (unpaired) electrons. The Bertz CT molecular complexity index is 311. The molecule has 0 saturated carbocycles. The summed E-state index contributed by atoms with van der Waals surface area (Å²) in [5, 5.41) is 3.50. The van der Waals surface area contributed by atoms with Crippen molar-refractivity contribution >= 4 is 11.8 Å². The molecule has 0 aromatic heterocycles. The fourth-order valence-electron chi connectivity index (χ4n) is 2.95. The first kappa shape index (κ1) is 14.5. The summed E-state index contributed by atoms with van der Waals surface area (Å²) in [6.45, 7) is 6.72. The average molecular weight is 267 g/mol. The number of amides is 2. The minimum Gasteiger partial charge on any atom is -0.313 e. The topological polar surface area (TPSA) is 52.7 Å². The van der Waals surface area contributed by atoms with Gasteiger partial charge in [-0.2, -0.15) is 0 Å². The highest BCUT2D eigenvalue weighted by Gasteiger charge is 2.29. The molecule has 2 heterocycles. The van der Waals surface area contributed by atoms with E-state index < -0.39 is 0 Å². The summed E-state index contributed by atoms with van der Waals surface area (Å²) in [5.41, 5.74) is 0. The highest BCUT2D eigenvalue weighted by atomic mass is 16.2. The van der Waals surface area contributed by atoms with Crippen LogP contribution in [-0.4, -0.2) is 60.4 Å². The quantitative estimate of drug-likeness (QED) is 0.686. The van der Waals surface area contributed by atoms with Gasteiger partial charge in [-0.1, -0.05) is 6.92 Å². The molecule has 2 rings (SSSR count). The van der Waals surface area contributed by atoms with Gasteiger partial charge in [0.2, 0.25) is 11.8 Å². The number of nitrogens with zero attached hydrogens (tertiary/aromatic N) is 2. The van der Waals surface area contributed by atoms with Gasteiger partial charge in [0, 0.05) is 38.5 Å². The molecule has 1 unspecified atom stereocenters. The molecule has 108 valence electrons. The lowest BCUT2D eigenvalue weighted by Gasteiger charge is -2.27. The molecule has 2 aliphatic heterocycles. The SMILES string of the molecule is CCCN(CCN1C(=O)CCC1=O)CC1CCCN1. The predicted molar refractivity (Wildman–Crippen MR) is 73.7 cm³/mol. The number of hydrogen-bond donors (Lipinski definition) is 1. The van der Waals surface area contributed by atoms with Crippen LogP contribution in [-0.2, 0) is 9.59 Å². The second-order valence-electron chi connectivity index (χ2n) is 5.53. The smallest absolute Gasteiger partial charge is 0.229 e. The third kappa shape index (κ3) is 4.01. The van der Waals surface area contributed by atoms with Crippen LogP contribution in [0.15, 0.2) is 0 Å². The molecule has 5 nitrogen and oxygen atoms in total. The van der Waals surface area contributed by atoms with Crippen LogP contribution in [0.1, 0.15) is 39.0 Å². The van der Waals surface area contributed by atoms with Gasteiger partial charge in [-0.25, -0.2) is 0 Å². The van der Waals surface area contributed by atoms with Crippen molar-refractivity contribution in [3.05, 3.63) is 0 Å². The van der Waals surface area contributed by atoms with E-state index in [2.05, 4.69) is 17.1 Å². The maximum atomic E-state index is 11.6. The first-order valence-corrected chi connectivity index (χ1v) is 7.49. The van der Waals surface area contributed by atoms with Crippen molar-refractivity contribution in [2.75, 3.05) is 32.7 Å². The number of hydrogen-bond acceptors (Lipinski definition) is 4. The summed E-state index contributed by atoms with van der Waals surface area (Å²) >= 11 is 0. The molecule has 19 heavy (non-hydrogen) atoms. The van der Waals surface area contributed by atoms with E-state index in [1.54, 1.807) is 0 Å². The van der Waals surface area contributed by atoms with Crippen LogP contribution < -0.4 is 5.32 Å². The molecule has 2 amide bonds. The van der Waals surface area contributed by atoms with E-state index >= 15 is 0 Å². The normalized spacial score (nSPS) is 23.9. The summed E-state index contributed by atoms with van der Waals surface area (Å²) in [4.78, 5) is 27.0. The fraction of sp³-hybridized carbons (Fsp3) is 0.857. The van der Waals surface area contributed by atoms with Crippen LogP contribution in [0.25, 0.3) is 0 Å². The van der Waals surface area contributed by atoms with Crippen molar-refractivity contribution < 1.29 is 9.59 Å². The van der Waals surface area contributed by atoms with Gasteiger partial charge < -0.3 is 10.2 Å². The highest BCUT2D eigenvalue weighted by Crippen LogP contribution is 2.12. The third-order valence-corrected chi connectivity index (χ3v) is 3.98. The van der Waals surface area contributed by atoms with Crippen LogP contribution >= 0.6 is 0 Å². The number of rotatable bonds is 7. The lowest BCUT2D eigenvalue weighted by molar-refractivity contribution is -0.138. The maximum absolute atomic E-state index is 11.6. The Hall–Kier alpha value is -0.940. The molecule has 2 aliphatic rings. The first-order valence-electron chi connectivity index (χ1n) is 7.49. The van der Waals surface area contributed by atoms with Crippen LogP contribution in [0, 0.1) is 0 Å². The summed E-state index contributed by atoms with van der Waals surface area (Å²) in [5.74, 6) is 0.000815. The van der Waals surface area contributed by atoms with Crippen LogP contribution in [0.5, 0.6) is 0 Å². The van der Waals surface area contributed by atoms with E-state index in [1.165, 1.54) is 17.7 Å². The van der Waals surface area contributed by atoms with Crippen molar-refractivity contribution in [1.82, 2.24) is 15.1 Å². The molecular formula is C14H25N3O2. The van der Waals surface area contributed by atoms with E-state index in [0.29, 0.717) is 25.4 Å². The second-order valence-corrected chi connectivity index (χ2v) is 5.53. The van der Waals surface area contributed by atoms with E-state index in [1.807, 2.05) is 0 Å². The van der Waals surface area contributed by atoms with Gasteiger partial charge in [-0.15, -0.1) is 0 Å². The summed E-state index contributed by atoms with van der Waals surface area (Å²) in [6.07, 6.45) is 4.40. The lowest BCUT2D eigenvalue weighted by Crippen LogP contribution is -2.43. The van der Waals surface area contributed by atoms with Crippen molar-refractivity contribution in [2.24, 2.45) is 0 Å². The molecule has 0 aromatic carbocycles. The predicted octanol–water partition coefficient (Wildman–Crippen LogP) is 0.599. The number of imide groups is 1. The molecule has 5 heteroatoms. The zero-order chi connectivity index (χ0) is 13.7. The maximum Gasteiger partial charge on any atom is 0.229 e. The molecule has 0 aromatic rings. The minimum atomic E-state index is 0.000407. The number of carbonyl (C=O) groups is 2. The average Bonchev–Trinajstić information content (AvgIpc) is 2.99. The summed E-state index contributed by atoms with van der Waals surface area (Å²) in [6, 6.07) is 0.580. The van der Waals surface area contributed by atoms with E-state index in [4.69, 9.17) is 0 Å². The van der Waals surface area contributed by atoms with Crippen molar-refractivity contribution in [3.8, 4) is 0 Å². The monoisotopic (exact) mass is 267 g/mol. The van der Waals surface area contributed by atoms with E-state index in [-0.39, 0.29) is 11.8 Å². The number of nitrogens with one attached hydrogen (secondary N) is 1. The standard InChI is InChI=1S/C14H25N3O2/c1-2-8-16(11-12-4-3-7-15-12)9-10-17-13(18)5-6-14(17)19/h12,15H,2-11H2,1H3. The number of carbonyl (C=O) groups excluding carboxylic acids is 2. The van der Waals surface area contributed by atoms with Gasteiger partial charge in [0.05, 0.1) is 0 Å². The molecule has 0 bridgehead atoms. The second kappa shape index (κ2) is 7.01. The third-order valence-electron chi connectivity index (χ3n) is 3.98.